The van der Waals surface area contributed by atoms with Crippen molar-refractivity contribution >= 4 is 0 Å². The predicted octanol–water partition coefficient (Wildman–Crippen LogP) is 2.53. The van der Waals surface area contributed by atoms with Gasteiger partial charge in [-0.2, -0.15) is 5.10 Å². The van der Waals surface area contributed by atoms with Crippen LogP contribution in [-0.4, -0.2) is 42.4 Å². The maximum atomic E-state index is 6.47. The van der Waals surface area contributed by atoms with Crippen LogP contribution in [0.15, 0.2) is 6.20 Å². The average Bonchev–Trinajstić information content (AvgIpc) is 2.77. The second-order valence-electron chi connectivity index (χ2n) is 7.23. The van der Waals surface area contributed by atoms with E-state index >= 15 is 0 Å². The van der Waals surface area contributed by atoms with Crippen molar-refractivity contribution in [3.05, 3.63) is 11.9 Å². The van der Waals surface area contributed by atoms with E-state index in [4.69, 9.17) is 10.5 Å². The van der Waals surface area contributed by atoms with Crippen LogP contribution < -0.4 is 10.5 Å². The summed E-state index contributed by atoms with van der Waals surface area (Å²) in [4.78, 5) is 2.14. The molecule has 1 heterocycles. The van der Waals surface area contributed by atoms with Gasteiger partial charge in [-0.1, -0.05) is 27.7 Å². The fourth-order valence-electron chi connectivity index (χ4n) is 2.23. The average molecular weight is 296 g/mol. The van der Waals surface area contributed by atoms with Crippen LogP contribution >= 0.6 is 0 Å². The number of hydrogen-bond acceptors (Lipinski definition) is 4. The molecule has 1 rings (SSSR count). The maximum Gasteiger partial charge on any atom is 0.161 e. The van der Waals surface area contributed by atoms with Crippen molar-refractivity contribution in [2.24, 2.45) is 17.1 Å². The van der Waals surface area contributed by atoms with E-state index in [1.165, 1.54) is 0 Å². The highest BCUT2D eigenvalue weighted by atomic mass is 16.5. The molecule has 122 valence electrons. The van der Waals surface area contributed by atoms with Gasteiger partial charge in [0.05, 0.1) is 31.6 Å². The Labute approximate surface area is 129 Å². The van der Waals surface area contributed by atoms with E-state index in [0.29, 0.717) is 5.92 Å². The van der Waals surface area contributed by atoms with Gasteiger partial charge in [0.15, 0.2) is 5.75 Å². The van der Waals surface area contributed by atoms with Crippen LogP contribution in [0.5, 0.6) is 5.75 Å². The predicted molar refractivity (Wildman–Crippen MR) is 87.5 cm³/mol. The molecule has 5 nitrogen and oxygen atoms in total. The molecule has 0 aromatic carbocycles. The third-order valence-electron chi connectivity index (χ3n) is 4.26. The van der Waals surface area contributed by atoms with Gasteiger partial charge in [0, 0.05) is 6.54 Å². The highest BCUT2D eigenvalue weighted by molar-refractivity contribution is 5.28. The third kappa shape index (κ3) is 5.00. The smallest absolute Gasteiger partial charge is 0.161 e. The van der Waals surface area contributed by atoms with Crippen molar-refractivity contribution in [1.29, 1.82) is 0 Å². The summed E-state index contributed by atoms with van der Waals surface area (Å²) in [5.41, 5.74) is 7.73. The van der Waals surface area contributed by atoms with E-state index in [2.05, 4.69) is 51.8 Å². The molecule has 0 aliphatic carbocycles. The van der Waals surface area contributed by atoms with Gasteiger partial charge in [0.1, 0.15) is 0 Å². The molecule has 0 saturated heterocycles. The van der Waals surface area contributed by atoms with Gasteiger partial charge in [-0.25, -0.2) is 0 Å². The van der Waals surface area contributed by atoms with Gasteiger partial charge >= 0.3 is 0 Å². The van der Waals surface area contributed by atoms with Crippen molar-refractivity contribution < 1.29 is 4.74 Å². The van der Waals surface area contributed by atoms with Gasteiger partial charge in [0.25, 0.3) is 0 Å². The zero-order valence-corrected chi connectivity index (χ0v) is 14.7. The Bertz CT molecular complexity index is 434. The number of nitrogens with two attached hydrogens (primary N) is 1. The molecular formula is C16H32N4O. The standard InChI is InChI=1S/C16H32N4O/c1-12(16(2,3)4)10-13(17)15-14(21-7)11-18-20(15)9-8-19(5)6/h11-13H,8-10,17H2,1-7H3. The van der Waals surface area contributed by atoms with Crippen LogP contribution in [0.4, 0.5) is 0 Å². The van der Waals surface area contributed by atoms with E-state index < -0.39 is 0 Å². The Balaban J connectivity index is 2.90. The number of methoxy groups -OCH3 is 1. The lowest BCUT2D eigenvalue weighted by Crippen LogP contribution is -2.27. The quantitative estimate of drug-likeness (QED) is 0.840. The van der Waals surface area contributed by atoms with Crippen molar-refractivity contribution in [3.63, 3.8) is 0 Å². The van der Waals surface area contributed by atoms with Gasteiger partial charge in [0.2, 0.25) is 0 Å². The van der Waals surface area contributed by atoms with Crippen LogP contribution in [0, 0.1) is 11.3 Å². The number of nitrogens with zero attached hydrogens (tertiary/aromatic N) is 3. The molecule has 5 heteroatoms. The molecule has 0 fully saturated rings. The summed E-state index contributed by atoms with van der Waals surface area (Å²) < 4.78 is 7.43. The lowest BCUT2D eigenvalue weighted by Gasteiger charge is -2.30. The number of hydrogen-bond donors (Lipinski definition) is 1. The molecule has 0 spiro atoms. The molecule has 0 radical (unpaired) electrons. The van der Waals surface area contributed by atoms with Crippen LogP contribution in [0.25, 0.3) is 0 Å². The topological polar surface area (TPSA) is 56.3 Å². The normalized spacial score (nSPS) is 15.3. The van der Waals surface area contributed by atoms with Crippen LogP contribution in [0.3, 0.4) is 0 Å². The number of rotatable bonds is 7. The number of ether oxygens (including phenoxy) is 1. The Morgan fingerprint density at radius 2 is 2.00 bits per heavy atom. The first-order valence-corrected chi connectivity index (χ1v) is 7.66. The molecule has 1 aromatic heterocycles. The number of aromatic nitrogens is 2. The summed E-state index contributed by atoms with van der Waals surface area (Å²) in [6.07, 6.45) is 2.69. The molecule has 1 aromatic rings. The van der Waals surface area contributed by atoms with Crippen LogP contribution in [-0.2, 0) is 6.54 Å². The van der Waals surface area contributed by atoms with Crippen LogP contribution in [0.2, 0.25) is 0 Å². The first kappa shape index (κ1) is 18.0. The molecule has 0 bridgehead atoms. The van der Waals surface area contributed by atoms with E-state index in [1.54, 1.807) is 13.3 Å². The van der Waals surface area contributed by atoms with Crippen LogP contribution in [0.1, 0.15) is 45.9 Å². The molecule has 0 aliphatic rings. The highest BCUT2D eigenvalue weighted by Gasteiger charge is 2.26. The third-order valence-corrected chi connectivity index (χ3v) is 4.26. The lowest BCUT2D eigenvalue weighted by molar-refractivity contribution is 0.229. The lowest BCUT2D eigenvalue weighted by atomic mass is 9.78. The van der Waals surface area contributed by atoms with Gasteiger partial charge in [-0.15, -0.1) is 0 Å². The summed E-state index contributed by atoms with van der Waals surface area (Å²) in [6, 6.07) is -0.0566. The fourth-order valence-corrected chi connectivity index (χ4v) is 2.23. The molecule has 2 unspecified atom stereocenters. The Morgan fingerprint density at radius 1 is 1.38 bits per heavy atom. The van der Waals surface area contributed by atoms with Crippen molar-refractivity contribution in [3.8, 4) is 5.75 Å². The van der Waals surface area contributed by atoms with E-state index in [9.17, 15) is 0 Å². The molecule has 0 amide bonds. The zero-order chi connectivity index (χ0) is 16.2. The zero-order valence-electron chi connectivity index (χ0n) is 14.7. The molecule has 21 heavy (non-hydrogen) atoms. The minimum absolute atomic E-state index is 0.0566. The first-order chi connectivity index (χ1) is 9.66. The van der Waals surface area contributed by atoms with Gasteiger partial charge in [-0.05, 0) is 31.8 Å². The molecular weight excluding hydrogens is 264 g/mol. The van der Waals surface area contributed by atoms with Crippen molar-refractivity contribution in [2.75, 3.05) is 27.7 Å². The van der Waals surface area contributed by atoms with Gasteiger partial charge in [-0.3, -0.25) is 4.68 Å². The Hall–Kier alpha value is -1.07. The van der Waals surface area contributed by atoms with Gasteiger partial charge < -0.3 is 15.4 Å². The minimum atomic E-state index is -0.0566. The summed E-state index contributed by atoms with van der Waals surface area (Å²) in [7, 11) is 5.79. The summed E-state index contributed by atoms with van der Waals surface area (Å²) in [6.45, 7) is 10.8. The minimum Gasteiger partial charge on any atom is -0.493 e. The van der Waals surface area contributed by atoms with E-state index in [1.807, 2.05) is 4.68 Å². The molecule has 2 atom stereocenters. The summed E-state index contributed by atoms with van der Waals surface area (Å²) >= 11 is 0. The fraction of sp³-hybridized carbons (Fsp3) is 0.812. The Morgan fingerprint density at radius 3 is 2.48 bits per heavy atom. The van der Waals surface area contributed by atoms with E-state index in [0.717, 1.165) is 31.0 Å². The van der Waals surface area contributed by atoms with Crippen molar-refractivity contribution in [2.45, 2.75) is 46.7 Å². The Kier molecular flexibility index (Phi) is 6.23. The monoisotopic (exact) mass is 296 g/mol. The SMILES string of the molecule is COc1cnn(CCN(C)C)c1C(N)CC(C)C(C)(C)C. The summed E-state index contributed by atoms with van der Waals surface area (Å²) in [5.74, 6) is 1.32. The van der Waals surface area contributed by atoms with Crippen molar-refractivity contribution in [1.82, 2.24) is 14.7 Å². The second kappa shape index (κ2) is 7.27. The molecule has 0 saturated carbocycles. The first-order valence-electron chi connectivity index (χ1n) is 7.66. The summed E-state index contributed by atoms with van der Waals surface area (Å²) in [5, 5.41) is 4.43. The molecule has 0 aliphatic heterocycles. The second-order valence-corrected chi connectivity index (χ2v) is 7.23. The maximum absolute atomic E-state index is 6.47. The largest absolute Gasteiger partial charge is 0.493 e. The number of likely N-dealkylation sites (N-methyl/N-ethyl adjacent to an activating group) is 1. The molecule has 2 N–H and O–H groups in total. The highest BCUT2D eigenvalue weighted by Crippen LogP contribution is 2.34. The van der Waals surface area contributed by atoms with E-state index in [-0.39, 0.29) is 11.5 Å².